The highest BCUT2D eigenvalue weighted by molar-refractivity contribution is 5.93. The Hall–Kier alpha value is -2.57. The van der Waals surface area contributed by atoms with Crippen molar-refractivity contribution in [2.45, 2.75) is 51.7 Å². The van der Waals surface area contributed by atoms with E-state index in [1.807, 2.05) is 47.8 Å². The molecule has 0 radical (unpaired) electrons. The van der Waals surface area contributed by atoms with Gasteiger partial charge in [0.05, 0.1) is 12.6 Å². The summed E-state index contributed by atoms with van der Waals surface area (Å²) in [6.07, 6.45) is 6.68. The van der Waals surface area contributed by atoms with E-state index < -0.39 is 0 Å². The Morgan fingerprint density at radius 2 is 2.15 bits per heavy atom. The molecule has 2 aromatic rings. The Bertz CT molecular complexity index is 765. The average Bonchev–Trinajstić information content (AvgIpc) is 3.24. The molecular formula is C19H27N5O2. The van der Waals surface area contributed by atoms with Crippen LogP contribution >= 0.6 is 0 Å². The van der Waals surface area contributed by atoms with Gasteiger partial charge in [-0.05, 0) is 44.4 Å². The lowest BCUT2D eigenvalue weighted by Gasteiger charge is -2.35. The minimum atomic E-state index is -0.108. The van der Waals surface area contributed by atoms with E-state index in [0.29, 0.717) is 12.2 Å². The minimum absolute atomic E-state index is 0.0378. The Balaban J connectivity index is 1.71. The second kappa shape index (κ2) is 7.76. The summed E-state index contributed by atoms with van der Waals surface area (Å²) in [5, 5.41) is 7.19. The van der Waals surface area contributed by atoms with Crippen molar-refractivity contribution in [1.82, 2.24) is 24.6 Å². The van der Waals surface area contributed by atoms with E-state index in [1.165, 1.54) is 0 Å². The van der Waals surface area contributed by atoms with Crippen molar-refractivity contribution in [2.75, 3.05) is 6.54 Å². The zero-order chi connectivity index (χ0) is 18.7. The predicted molar refractivity (Wildman–Crippen MR) is 98.5 cm³/mol. The van der Waals surface area contributed by atoms with Crippen molar-refractivity contribution in [1.29, 1.82) is 0 Å². The van der Waals surface area contributed by atoms with Crippen molar-refractivity contribution in [2.24, 2.45) is 7.05 Å². The van der Waals surface area contributed by atoms with Crippen LogP contribution in [0.15, 0.2) is 30.6 Å². The fraction of sp³-hybridized carbons (Fsp3) is 0.526. The van der Waals surface area contributed by atoms with Crippen molar-refractivity contribution in [3.63, 3.8) is 0 Å². The maximum Gasteiger partial charge on any atom is 0.268 e. The van der Waals surface area contributed by atoms with Crippen LogP contribution in [0.5, 0.6) is 0 Å². The summed E-state index contributed by atoms with van der Waals surface area (Å²) in [5.41, 5.74) is 1.63. The second-order valence-electron chi connectivity index (χ2n) is 7.03. The third kappa shape index (κ3) is 3.81. The molecule has 2 aromatic heterocycles. The lowest BCUT2D eigenvalue weighted by Crippen LogP contribution is -2.39. The molecule has 1 aliphatic rings. The van der Waals surface area contributed by atoms with Gasteiger partial charge in [-0.25, -0.2) is 0 Å². The zero-order valence-electron chi connectivity index (χ0n) is 15.7. The molecule has 1 fully saturated rings. The molecule has 0 saturated carbocycles. The average molecular weight is 357 g/mol. The monoisotopic (exact) mass is 357 g/mol. The molecule has 26 heavy (non-hydrogen) atoms. The van der Waals surface area contributed by atoms with Crippen molar-refractivity contribution < 1.29 is 9.59 Å². The number of amides is 2. The van der Waals surface area contributed by atoms with Crippen molar-refractivity contribution in [3.05, 3.63) is 42.0 Å². The largest absolute Gasteiger partial charge is 0.346 e. The topological polar surface area (TPSA) is 72.2 Å². The van der Waals surface area contributed by atoms with Crippen LogP contribution in [-0.4, -0.2) is 43.6 Å². The molecule has 7 nitrogen and oxygen atoms in total. The molecule has 3 rings (SSSR count). The fourth-order valence-electron chi connectivity index (χ4n) is 3.74. The van der Waals surface area contributed by atoms with Gasteiger partial charge in [0.25, 0.3) is 5.91 Å². The van der Waals surface area contributed by atoms with Gasteiger partial charge in [0, 0.05) is 44.6 Å². The molecule has 0 aliphatic carbocycles. The fourth-order valence-corrected chi connectivity index (χ4v) is 3.74. The zero-order valence-corrected chi connectivity index (χ0v) is 15.7. The normalized spacial score (nSPS) is 18.6. The summed E-state index contributed by atoms with van der Waals surface area (Å²) < 4.78 is 3.72. The van der Waals surface area contributed by atoms with E-state index in [9.17, 15) is 9.59 Å². The number of carbonyl (C=O) groups is 2. The Morgan fingerprint density at radius 3 is 2.85 bits per heavy atom. The van der Waals surface area contributed by atoms with Gasteiger partial charge in [-0.1, -0.05) is 0 Å². The van der Waals surface area contributed by atoms with Crippen LogP contribution < -0.4 is 5.32 Å². The highest BCUT2D eigenvalue weighted by Crippen LogP contribution is 2.31. The Kier molecular flexibility index (Phi) is 5.44. The lowest BCUT2D eigenvalue weighted by molar-refractivity contribution is -0.132. The minimum Gasteiger partial charge on any atom is -0.346 e. The summed E-state index contributed by atoms with van der Waals surface area (Å²) in [7, 11) is 1.90. The number of rotatable bonds is 5. The first kappa shape index (κ1) is 18.2. The van der Waals surface area contributed by atoms with Crippen LogP contribution in [0.4, 0.5) is 0 Å². The van der Waals surface area contributed by atoms with Crippen LogP contribution in [0.25, 0.3) is 0 Å². The number of nitrogens with zero attached hydrogens (tertiary/aromatic N) is 4. The number of aromatic nitrogens is 3. The van der Waals surface area contributed by atoms with Crippen molar-refractivity contribution in [3.8, 4) is 0 Å². The maximum absolute atomic E-state index is 12.7. The number of piperidine rings is 1. The predicted octanol–water partition coefficient (Wildman–Crippen LogP) is 2.11. The number of hydrogen-bond donors (Lipinski definition) is 1. The maximum atomic E-state index is 12.7. The summed E-state index contributed by atoms with van der Waals surface area (Å²) in [6.45, 7) is 4.98. The highest BCUT2D eigenvalue weighted by Gasteiger charge is 2.29. The molecular weight excluding hydrogens is 330 g/mol. The van der Waals surface area contributed by atoms with Gasteiger partial charge in [0.2, 0.25) is 5.91 Å². The van der Waals surface area contributed by atoms with Crippen LogP contribution in [0.2, 0.25) is 0 Å². The number of likely N-dealkylation sites (tertiary alicyclic amines) is 1. The van der Waals surface area contributed by atoms with Crippen LogP contribution in [0.3, 0.4) is 0 Å². The third-order valence-corrected chi connectivity index (χ3v) is 5.04. The smallest absolute Gasteiger partial charge is 0.268 e. The molecule has 7 heteroatoms. The van der Waals surface area contributed by atoms with Gasteiger partial charge in [-0.15, -0.1) is 0 Å². The van der Waals surface area contributed by atoms with Gasteiger partial charge in [-0.2, -0.15) is 5.10 Å². The summed E-state index contributed by atoms with van der Waals surface area (Å²) in [4.78, 5) is 26.6. The first-order valence-corrected chi connectivity index (χ1v) is 9.18. The van der Waals surface area contributed by atoms with Crippen LogP contribution in [-0.2, 0) is 18.4 Å². The molecule has 1 aliphatic heterocycles. The van der Waals surface area contributed by atoms with E-state index >= 15 is 0 Å². The van der Waals surface area contributed by atoms with Crippen LogP contribution in [0.1, 0.15) is 55.3 Å². The first-order valence-electron chi connectivity index (χ1n) is 9.18. The van der Waals surface area contributed by atoms with Gasteiger partial charge in [0.15, 0.2) is 0 Å². The second-order valence-corrected chi connectivity index (χ2v) is 7.03. The molecule has 0 aromatic carbocycles. The number of hydrogen-bond acceptors (Lipinski definition) is 3. The Labute approximate surface area is 154 Å². The van der Waals surface area contributed by atoms with E-state index in [4.69, 9.17) is 0 Å². The molecule has 2 amide bonds. The number of nitrogens with one attached hydrogen (secondary N) is 1. The third-order valence-electron chi connectivity index (χ3n) is 5.04. The molecule has 0 unspecified atom stereocenters. The molecule has 3 heterocycles. The van der Waals surface area contributed by atoms with Crippen LogP contribution in [0, 0.1) is 0 Å². The molecule has 1 N–H and O–H groups in total. The first-order chi connectivity index (χ1) is 12.5. The summed E-state index contributed by atoms with van der Waals surface area (Å²) in [5.74, 6) is -0.0154. The van der Waals surface area contributed by atoms with Gasteiger partial charge < -0.3 is 14.8 Å². The van der Waals surface area contributed by atoms with E-state index in [0.717, 1.165) is 31.5 Å². The van der Waals surface area contributed by atoms with Gasteiger partial charge in [-0.3, -0.25) is 14.3 Å². The van der Waals surface area contributed by atoms with Crippen molar-refractivity contribution >= 4 is 11.8 Å². The molecule has 0 bridgehead atoms. The standard InChI is InChI=1S/C19H27N5O2/c1-14(13-23-11-6-10-20-23)21-19(26)18-9-8-16(22(18)3)17-7-4-5-12-24(17)15(2)25/h6,8-11,14,17H,4-5,7,12-13H2,1-3H3,(H,21,26)/t14-,17-/m0/s1. The summed E-state index contributed by atoms with van der Waals surface area (Å²) >= 11 is 0. The SMILES string of the molecule is CC(=O)N1CCCC[C@H]1c1ccc(C(=O)N[C@@H](C)Cn2cccn2)n1C. The summed E-state index contributed by atoms with van der Waals surface area (Å²) in [6, 6.07) is 5.69. The van der Waals surface area contributed by atoms with Gasteiger partial charge >= 0.3 is 0 Å². The molecule has 2 atom stereocenters. The van der Waals surface area contributed by atoms with Gasteiger partial charge in [0.1, 0.15) is 5.69 Å². The number of carbonyl (C=O) groups excluding carboxylic acids is 2. The molecule has 0 spiro atoms. The Morgan fingerprint density at radius 1 is 1.35 bits per heavy atom. The highest BCUT2D eigenvalue weighted by atomic mass is 16.2. The molecule has 140 valence electrons. The van der Waals surface area contributed by atoms with E-state index in [2.05, 4.69) is 10.4 Å². The molecule has 1 saturated heterocycles. The van der Waals surface area contributed by atoms with E-state index in [1.54, 1.807) is 17.8 Å². The quantitative estimate of drug-likeness (QED) is 0.891. The van der Waals surface area contributed by atoms with E-state index in [-0.39, 0.29) is 23.9 Å². The lowest BCUT2D eigenvalue weighted by atomic mass is 9.99.